The molecule has 0 unspecified atom stereocenters. The number of aromatic nitrogens is 1. The highest BCUT2D eigenvalue weighted by Gasteiger charge is 2.21. The van der Waals surface area contributed by atoms with Gasteiger partial charge < -0.3 is 10.0 Å². The third kappa shape index (κ3) is 4.96. The molecule has 0 saturated heterocycles. The summed E-state index contributed by atoms with van der Waals surface area (Å²) in [6.45, 7) is 1.51. The van der Waals surface area contributed by atoms with Gasteiger partial charge in [-0.2, -0.15) is 0 Å². The number of aliphatic carboxylic acids is 1. The summed E-state index contributed by atoms with van der Waals surface area (Å²) in [6, 6.07) is 8.18. The maximum absolute atomic E-state index is 11.6. The van der Waals surface area contributed by atoms with Crippen molar-refractivity contribution < 1.29 is 9.90 Å². The van der Waals surface area contributed by atoms with E-state index in [4.69, 9.17) is 0 Å². The Labute approximate surface area is 155 Å². The minimum Gasteiger partial charge on any atom is -0.478 e. The molecule has 3 heterocycles. The van der Waals surface area contributed by atoms with Crippen molar-refractivity contribution in [2.24, 2.45) is 0 Å². The van der Waals surface area contributed by atoms with Gasteiger partial charge in [-0.05, 0) is 53.8 Å². The number of rotatable bonds is 8. The fourth-order valence-corrected chi connectivity index (χ4v) is 4.51. The molecule has 1 N–H and O–H groups in total. The number of hydrogen-bond donors (Lipinski definition) is 1. The lowest BCUT2D eigenvalue weighted by Gasteiger charge is -2.29. The lowest BCUT2D eigenvalue weighted by molar-refractivity contribution is -0.132. The van der Waals surface area contributed by atoms with E-state index in [9.17, 15) is 9.90 Å². The van der Waals surface area contributed by atoms with Gasteiger partial charge in [0.2, 0.25) is 0 Å². The van der Waals surface area contributed by atoms with Crippen molar-refractivity contribution in [3.63, 3.8) is 0 Å². The van der Waals surface area contributed by atoms with Crippen LogP contribution in [-0.2, 0) is 17.8 Å². The van der Waals surface area contributed by atoms with Gasteiger partial charge in [-0.3, -0.25) is 4.98 Å². The second-order valence-corrected chi connectivity index (χ2v) is 7.81. The van der Waals surface area contributed by atoms with Crippen LogP contribution in [0.2, 0.25) is 0 Å². The predicted octanol–water partition coefficient (Wildman–Crippen LogP) is 4.18. The number of carbonyl (C=O) groups is 1. The molecule has 0 radical (unpaired) electrons. The van der Waals surface area contributed by atoms with E-state index in [-0.39, 0.29) is 0 Å². The van der Waals surface area contributed by atoms with Crippen LogP contribution < -0.4 is 0 Å². The van der Waals surface area contributed by atoms with Crippen LogP contribution in [-0.4, -0.2) is 33.3 Å². The highest BCUT2D eigenvalue weighted by Crippen LogP contribution is 2.31. The molecule has 0 aromatic carbocycles. The number of nitrogens with zero attached hydrogens (tertiary/aromatic N) is 2. The van der Waals surface area contributed by atoms with Crippen molar-refractivity contribution in [3.05, 3.63) is 75.2 Å². The van der Waals surface area contributed by atoms with Gasteiger partial charge >= 0.3 is 5.97 Å². The predicted molar refractivity (Wildman–Crippen MR) is 104 cm³/mol. The third-order valence-electron chi connectivity index (χ3n) is 3.88. The number of pyridine rings is 1. The fourth-order valence-electron chi connectivity index (χ4n) is 2.68. The topological polar surface area (TPSA) is 53.4 Å². The van der Waals surface area contributed by atoms with Crippen molar-refractivity contribution >= 4 is 29.1 Å². The lowest BCUT2D eigenvalue weighted by Crippen LogP contribution is -2.26. The zero-order valence-electron chi connectivity index (χ0n) is 13.8. The summed E-state index contributed by atoms with van der Waals surface area (Å²) < 4.78 is 0. The van der Waals surface area contributed by atoms with Gasteiger partial charge in [0.25, 0.3) is 0 Å². The molecule has 0 atom stereocenters. The molecule has 0 bridgehead atoms. The summed E-state index contributed by atoms with van der Waals surface area (Å²) in [5.74, 6) is 0.0345. The van der Waals surface area contributed by atoms with E-state index in [0.717, 1.165) is 36.7 Å². The zero-order chi connectivity index (χ0) is 17.5. The first kappa shape index (κ1) is 17.8. The molecular formula is C19H20N2O2S2. The van der Waals surface area contributed by atoms with Gasteiger partial charge in [-0.1, -0.05) is 12.1 Å². The highest BCUT2D eigenvalue weighted by molar-refractivity contribution is 8.03. The second-order valence-electron chi connectivity index (χ2n) is 5.69. The van der Waals surface area contributed by atoms with Crippen molar-refractivity contribution in [2.75, 3.05) is 12.3 Å². The van der Waals surface area contributed by atoms with Crippen LogP contribution in [0.5, 0.6) is 0 Å². The lowest BCUT2D eigenvalue weighted by atomic mass is 10.2. The largest absolute Gasteiger partial charge is 0.478 e. The normalized spacial score (nSPS) is 14.2. The molecule has 2 aromatic rings. The van der Waals surface area contributed by atoms with Gasteiger partial charge in [0.1, 0.15) is 0 Å². The Morgan fingerprint density at radius 1 is 1.32 bits per heavy atom. The van der Waals surface area contributed by atoms with Gasteiger partial charge in [0.05, 0.1) is 17.1 Å². The standard InChI is InChI=1S/C19H20N2O2S2/c22-19(23)17-6-1-11-21(14-16-5-3-12-24-16)18(17)25-13-2-4-15-7-9-20-10-8-15/h1,3,5-10,12H,2,4,11,13-14H2,(H,22,23). The number of thiophene rings is 1. The molecule has 3 rings (SSSR count). The summed E-state index contributed by atoms with van der Waals surface area (Å²) in [6.07, 6.45) is 9.26. The van der Waals surface area contributed by atoms with Gasteiger partial charge in [0, 0.05) is 23.8 Å². The highest BCUT2D eigenvalue weighted by atomic mass is 32.2. The second kappa shape index (κ2) is 8.87. The maximum atomic E-state index is 11.6. The van der Waals surface area contributed by atoms with Crippen LogP contribution in [0.1, 0.15) is 16.9 Å². The van der Waals surface area contributed by atoms with Gasteiger partial charge in [0.15, 0.2) is 0 Å². The van der Waals surface area contributed by atoms with Crippen LogP contribution in [0.3, 0.4) is 0 Å². The summed E-state index contributed by atoms with van der Waals surface area (Å²) in [7, 11) is 0. The Bertz CT molecular complexity index is 755. The summed E-state index contributed by atoms with van der Waals surface area (Å²) in [5.41, 5.74) is 1.67. The van der Waals surface area contributed by atoms with Gasteiger partial charge in [-0.25, -0.2) is 4.79 Å². The van der Waals surface area contributed by atoms with Crippen LogP contribution in [0.4, 0.5) is 0 Å². The molecule has 6 heteroatoms. The Morgan fingerprint density at radius 3 is 2.88 bits per heavy atom. The number of hydrogen-bond acceptors (Lipinski definition) is 5. The number of aryl methyl sites for hydroxylation is 1. The Hall–Kier alpha value is -2.05. The molecule has 1 aliphatic rings. The first-order chi connectivity index (χ1) is 12.2. The molecular weight excluding hydrogens is 352 g/mol. The third-order valence-corrected chi connectivity index (χ3v) is 5.99. The molecule has 0 spiro atoms. The molecule has 1 aliphatic heterocycles. The van der Waals surface area contributed by atoms with Crippen molar-refractivity contribution in [1.29, 1.82) is 0 Å². The Balaban J connectivity index is 1.64. The monoisotopic (exact) mass is 372 g/mol. The minimum atomic E-state index is -0.858. The summed E-state index contributed by atoms with van der Waals surface area (Å²) in [5, 5.41) is 12.5. The molecule has 2 aromatic heterocycles. The molecule has 0 saturated carbocycles. The average Bonchev–Trinajstić information content (AvgIpc) is 3.13. The van der Waals surface area contributed by atoms with Crippen LogP contribution in [0.15, 0.2) is 64.8 Å². The zero-order valence-corrected chi connectivity index (χ0v) is 15.4. The summed E-state index contributed by atoms with van der Waals surface area (Å²) in [4.78, 5) is 19.0. The number of carboxylic acid groups (broad SMARTS) is 1. The first-order valence-electron chi connectivity index (χ1n) is 8.17. The van der Waals surface area contributed by atoms with Crippen molar-refractivity contribution in [1.82, 2.24) is 9.88 Å². The quantitative estimate of drug-likeness (QED) is 0.705. The van der Waals surface area contributed by atoms with Crippen LogP contribution in [0.25, 0.3) is 0 Å². The van der Waals surface area contributed by atoms with E-state index in [1.807, 2.05) is 36.7 Å². The van der Waals surface area contributed by atoms with Crippen molar-refractivity contribution in [3.8, 4) is 0 Å². The molecule has 130 valence electrons. The average molecular weight is 373 g/mol. The summed E-state index contributed by atoms with van der Waals surface area (Å²) >= 11 is 3.35. The Kier molecular flexibility index (Phi) is 6.30. The van der Waals surface area contributed by atoms with E-state index >= 15 is 0 Å². The molecule has 0 fully saturated rings. The van der Waals surface area contributed by atoms with Crippen LogP contribution >= 0.6 is 23.1 Å². The minimum absolute atomic E-state index is 0.400. The van der Waals surface area contributed by atoms with E-state index in [1.165, 1.54) is 10.4 Å². The van der Waals surface area contributed by atoms with E-state index in [1.54, 1.807) is 29.2 Å². The Morgan fingerprint density at radius 2 is 2.16 bits per heavy atom. The van der Waals surface area contributed by atoms with Gasteiger partial charge in [-0.15, -0.1) is 23.1 Å². The van der Waals surface area contributed by atoms with E-state index < -0.39 is 5.97 Å². The molecule has 4 nitrogen and oxygen atoms in total. The fraction of sp³-hybridized carbons (Fsp3) is 0.263. The molecule has 0 aliphatic carbocycles. The number of carboxylic acids is 1. The SMILES string of the molecule is O=C(O)C1=C(SCCCc2ccncc2)N(Cc2cccs2)CC=C1. The van der Waals surface area contributed by atoms with E-state index in [0.29, 0.717) is 5.57 Å². The smallest absolute Gasteiger partial charge is 0.338 e. The first-order valence-corrected chi connectivity index (χ1v) is 10.0. The number of thioether (sulfide) groups is 1. The molecule has 0 amide bonds. The molecule has 25 heavy (non-hydrogen) atoms. The van der Waals surface area contributed by atoms with Crippen molar-refractivity contribution in [2.45, 2.75) is 19.4 Å². The van der Waals surface area contributed by atoms with Crippen LogP contribution in [0, 0.1) is 0 Å². The van der Waals surface area contributed by atoms with E-state index in [2.05, 4.69) is 21.3 Å². The maximum Gasteiger partial charge on any atom is 0.338 e.